The fourth-order valence-electron chi connectivity index (χ4n) is 12.5. The predicted octanol–water partition coefficient (Wildman–Crippen LogP) is 3.86. The Hall–Kier alpha value is -5.90. The fourth-order valence-corrected chi connectivity index (χ4v) is 13.6. The lowest BCUT2D eigenvalue weighted by atomic mass is 9.91. The van der Waals surface area contributed by atoms with Crippen molar-refractivity contribution in [2.75, 3.05) is 101 Å². The quantitative estimate of drug-likeness (QED) is 0.0759. The molecule has 0 bridgehead atoms. The molecule has 2 saturated heterocycles. The van der Waals surface area contributed by atoms with Gasteiger partial charge in [0.25, 0.3) is 0 Å². The standard InChI is InChI=1S/C71H128N12O14S/c1-26-28-30-47(13)59(84)58-63(88)74-50(27-2)65(90)80(22)55(41-98-36-29-31-83-32-34-97-35-33-83)68(93)79(21)54(40-71(16,17)96-25)62(87)75-56(45(9)10)69(94)76(18)51(37-42(3)4)61(86)72-48(14)60(85)73-49(15)64(89)77(19)52(38-43(5)6)66(91)78(20)53(39-44(7)8)67(92)81(23)57(46(11)12)70(95)82(58)24/h26,28,42-59,84H,27,29-41H2,1-25H3,(H,72,86)(H,73,85)(H,74,88)(H,75,87)/b28-26+/t47-,48+,49-,50+,51+,52+,53+,54+,55-,56+,57+,58+,59-/m1/s1. The van der Waals surface area contributed by atoms with Crippen LogP contribution in [-0.4, -0.2) is 288 Å². The van der Waals surface area contributed by atoms with E-state index in [4.69, 9.17) is 9.47 Å². The van der Waals surface area contributed by atoms with E-state index in [9.17, 15) is 24.3 Å². The van der Waals surface area contributed by atoms with Crippen molar-refractivity contribution in [3.05, 3.63) is 12.2 Å². The zero-order chi connectivity index (χ0) is 75.1. The monoisotopic (exact) mass is 1400 g/mol. The number of hydrogen-bond acceptors (Lipinski definition) is 16. The summed E-state index contributed by atoms with van der Waals surface area (Å²) in [7, 11) is 11.5. The molecule has 2 aliphatic heterocycles. The van der Waals surface area contributed by atoms with Gasteiger partial charge >= 0.3 is 0 Å². The smallest absolute Gasteiger partial charge is 0.246 e. The van der Waals surface area contributed by atoms with E-state index in [1.54, 1.807) is 61.5 Å². The van der Waals surface area contributed by atoms with Crippen molar-refractivity contribution in [2.24, 2.45) is 35.5 Å². The van der Waals surface area contributed by atoms with Crippen LogP contribution in [0.3, 0.4) is 0 Å². The highest BCUT2D eigenvalue weighted by molar-refractivity contribution is 7.99. The molecule has 5 N–H and O–H groups in total. The number of rotatable bonds is 22. The molecular formula is C71H128N12O14S. The topological polar surface area (TPSA) is 300 Å². The molecule has 2 aliphatic rings. The van der Waals surface area contributed by atoms with Gasteiger partial charge in [-0.1, -0.05) is 95.2 Å². The molecule has 0 spiro atoms. The Morgan fingerprint density at radius 1 is 0.551 bits per heavy atom. The van der Waals surface area contributed by atoms with Crippen molar-refractivity contribution >= 4 is 76.7 Å². The first-order chi connectivity index (χ1) is 45.5. The van der Waals surface area contributed by atoms with Crippen LogP contribution >= 0.6 is 11.8 Å². The van der Waals surface area contributed by atoms with Gasteiger partial charge < -0.3 is 70.1 Å². The second kappa shape index (κ2) is 41.1. The number of methoxy groups -OCH3 is 1. The lowest BCUT2D eigenvalue weighted by Crippen LogP contribution is -2.64. The molecule has 2 heterocycles. The number of ether oxygens (including phenoxy) is 2. The largest absolute Gasteiger partial charge is 0.390 e. The van der Waals surface area contributed by atoms with Gasteiger partial charge in [0, 0.05) is 81.7 Å². The molecule has 0 aromatic rings. The van der Waals surface area contributed by atoms with E-state index in [1.807, 2.05) is 54.5 Å². The van der Waals surface area contributed by atoms with Crippen LogP contribution in [0.2, 0.25) is 0 Å². The fraction of sp³-hybridized carbons (Fsp3) is 0.817. The molecule has 2 fully saturated rings. The van der Waals surface area contributed by atoms with Gasteiger partial charge in [0.2, 0.25) is 65.0 Å². The van der Waals surface area contributed by atoms with Gasteiger partial charge in [-0.05, 0) is 121 Å². The molecule has 11 amide bonds. The summed E-state index contributed by atoms with van der Waals surface area (Å²) in [4.78, 5) is 176. The molecule has 98 heavy (non-hydrogen) atoms. The van der Waals surface area contributed by atoms with Gasteiger partial charge in [0.05, 0.1) is 24.9 Å². The minimum Gasteiger partial charge on any atom is -0.390 e. The van der Waals surface area contributed by atoms with E-state index in [-0.39, 0.29) is 55.6 Å². The van der Waals surface area contributed by atoms with Gasteiger partial charge in [0.1, 0.15) is 66.5 Å². The van der Waals surface area contributed by atoms with Crippen LogP contribution in [0.15, 0.2) is 12.2 Å². The maximum atomic E-state index is 15.6. The summed E-state index contributed by atoms with van der Waals surface area (Å²) in [5.74, 6) is -9.28. The molecule has 0 aliphatic carbocycles. The van der Waals surface area contributed by atoms with E-state index in [0.29, 0.717) is 25.4 Å². The maximum Gasteiger partial charge on any atom is 0.246 e. The van der Waals surface area contributed by atoms with E-state index in [2.05, 4.69) is 26.2 Å². The molecule has 562 valence electrons. The number of allylic oxidation sites excluding steroid dienone is 2. The molecule has 2 rings (SSSR count). The highest BCUT2D eigenvalue weighted by atomic mass is 32.2. The first-order valence-corrected chi connectivity index (χ1v) is 36.5. The SMILES string of the molecule is C/C=C/C[C@@H](C)[C@@H](O)[C@H]1C(=O)N[C@@H](CC)C(=O)N(C)[C@H](CSCCCN2CCOCC2)C(=O)N(C)[C@@H](CC(C)(C)OC)C(=O)N[C@@H](C(C)C)C(=O)N(C)[C@@H](CC(C)C)C(=O)N[C@@H](C)C(=O)N[C@H](C)C(=O)N(C)[C@@H](CC(C)C)C(=O)N(C)[C@@H](CC(C)C)C(=O)N(C)[C@@H](C(C)C)C(=O)N1C. The molecule has 0 radical (unpaired) electrons. The highest BCUT2D eigenvalue weighted by Crippen LogP contribution is 2.27. The minimum atomic E-state index is -1.65. The van der Waals surface area contributed by atoms with Crippen LogP contribution in [0.25, 0.3) is 0 Å². The molecule has 0 aromatic carbocycles. The Bertz CT molecular complexity index is 2670. The number of carbonyl (C=O) groups excluding carboxylic acids is 11. The molecule has 26 nitrogen and oxygen atoms in total. The lowest BCUT2D eigenvalue weighted by Gasteiger charge is -2.41. The van der Waals surface area contributed by atoms with Crippen molar-refractivity contribution in [1.82, 2.24) is 60.5 Å². The molecule has 13 atom stereocenters. The summed E-state index contributed by atoms with van der Waals surface area (Å²) in [5, 5.41) is 23.6. The van der Waals surface area contributed by atoms with Crippen molar-refractivity contribution in [2.45, 2.75) is 241 Å². The zero-order valence-electron chi connectivity index (χ0n) is 64.2. The summed E-state index contributed by atoms with van der Waals surface area (Å²) in [6.45, 7) is 33.3. The molecule has 27 heteroatoms. The van der Waals surface area contributed by atoms with E-state index >= 15 is 33.6 Å². The Kier molecular flexibility index (Phi) is 37.0. The van der Waals surface area contributed by atoms with E-state index < -0.39 is 161 Å². The summed E-state index contributed by atoms with van der Waals surface area (Å²) >= 11 is 1.44. The number of nitrogens with zero attached hydrogens (tertiary/aromatic N) is 8. The summed E-state index contributed by atoms with van der Waals surface area (Å²) < 4.78 is 11.4. The Morgan fingerprint density at radius 2 is 1.01 bits per heavy atom. The first-order valence-electron chi connectivity index (χ1n) is 35.4. The number of aliphatic hydroxyl groups is 1. The van der Waals surface area contributed by atoms with Gasteiger partial charge in [-0.2, -0.15) is 11.8 Å². The zero-order valence-corrected chi connectivity index (χ0v) is 65.0. The second-order valence-corrected chi connectivity index (χ2v) is 30.9. The molecule has 0 aromatic heterocycles. The maximum absolute atomic E-state index is 15.6. The minimum absolute atomic E-state index is 0.0108. The van der Waals surface area contributed by atoms with E-state index in [0.717, 1.165) is 31.0 Å². The van der Waals surface area contributed by atoms with Crippen LogP contribution in [0, 0.1) is 35.5 Å². The number of nitrogens with one attached hydrogen (secondary N) is 4. The van der Waals surface area contributed by atoms with Crippen LogP contribution in [0.1, 0.15) is 163 Å². The summed E-state index contributed by atoms with van der Waals surface area (Å²) in [6.07, 6.45) is 3.42. The second-order valence-electron chi connectivity index (χ2n) is 29.7. The number of likely N-dealkylation sites (N-methyl/N-ethyl adjacent to an activating group) is 7. The van der Waals surface area contributed by atoms with Gasteiger partial charge in [-0.25, -0.2) is 0 Å². The number of morpholine rings is 1. The molecule has 0 unspecified atom stereocenters. The Morgan fingerprint density at radius 3 is 1.51 bits per heavy atom. The van der Waals surface area contributed by atoms with Crippen molar-refractivity contribution < 1.29 is 67.3 Å². The Balaban J connectivity index is 3.13. The van der Waals surface area contributed by atoms with Gasteiger partial charge in [0.15, 0.2) is 0 Å². The average Bonchev–Trinajstić information content (AvgIpc) is 0.811. The molecule has 0 saturated carbocycles. The number of thioether (sulfide) groups is 1. The van der Waals surface area contributed by atoms with Crippen LogP contribution in [-0.2, 0) is 62.2 Å². The molecular weight excluding hydrogens is 1280 g/mol. The lowest BCUT2D eigenvalue weighted by molar-refractivity contribution is -0.157. The number of hydrogen-bond donors (Lipinski definition) is 5. The number of amides is 11. The summed E-state index contributed by atoms with van der Waals surface area (Å²) in [5.41, 5.74) is -1.05. The first kappa shape index (κ1) is 88.2. The number of carbonyl (C=O) groups is 11. The highest BCUT2D eigenvalue weighted by Gasteiger charge is 2.47. The van der Waals surface area contributed by atoms with Crippen LogP contribution in [0.4, 0.5) is 0 Å². The van der Waals surface area contributed by atoms with Crippen molar-refractivity contribution in [1.29, 1.82) is 0 Å². The average molecular weight is 1410 g/mol. The van der Waals surface area contributed by atoms with Crippen molar-refractivity contribution in [3.63, 3.8) is 0 Å². The third kappa shape index (κ3) is 25.3. The third-order valence-corrected chi connectivity index (χ3v) is 20.2. The van der Waals surface area contributed by atoms with Gasteiger partial charge in [-0.3, -0.25) is 57.6 Å². The van der Waals surface area contributed by atoms with Crippen molar-refractivity contribution in [3.8, 4) is 0 Å². The van der Waals surface area contributed by atoms with E-state index in [1.165, 1.54) is 111 Å². The number of aliphatic hydroxyl groups excluding tert-OH is 1. The summed E-state index contributed by atoms with van der Waals surface area (Å²) in [6, 6.07) is -14.1. The van der Waals surface area contributed by atoms with Gasteiger partial charge in [-0.15, -0.1) is 0 Å². The predicted molar refractivity (Wildman–Crippen MR) is 383 cm³/mol. The normalized spacial score (nSPS) is 26.9. The van der Waals surface area contributed by atoms with Crippen LogP contribution < -0.4 is 21.3 Å². The van der Waals surface area contributed by atoms with Crippen LogP contribution in [0.5, 0.6) is 0 Å². The third-order valence-electron chi connectivity index (χ3n) is 19.1. The Labute approximate surface area is 591 Å².